The topological polar surface area (TPSA) is 76.1 Å². The Morgan fingerprint density at radius 1 is 1.28 bits per heavy atom. The third-order valence-electron chi connectivity index (χ3n) is 4.87. The van der Waals surface area contributed by atoms with Crippen LogP contribution in [0.3, 0.4) is 0 Å². The zero-order valence-corrected chi connectivity index (χ0v) is 18.0. The minimum Gasteiger partial charge on any atom is -0.496 e. The molecule has 0 aromatic carbocycles. The van der Waals surface area contributed by atoms with E-state index in [1.165, 1.54) is 18.9 Å². The Labute approximate surface area is 187 Å². The average Bonchev–Trinajstić information content (AvgIpc) is 3.23. The largest absolute Gasteiger partial charge is 0.499 e. The van der Waals surface area contributed by atoms with Crippen molar-refractivity contribution in [1.29, 1.82) is 0 Å². The third-order valence-corrected chi connectivity index (χ3v) is 6.21. The fourth-order valence-electron chi connectivity index (χ4n) is 3.48. The Balaban J connectivity index is 1.96. The van der Waals surface area contributed by atoms with Crippen LogP contribution in [-0.4, -0.2) is 47.3 Å². The van der Waals surface area contributed by atoms with Crippen LogP contribution in [0, 0.1) is 0 Å². The van der Waals surface area contributed by atoms with Crippen LogP contribution in [0.25, 0.3) is 0 Å². The number of methoxy groups -OCH3 is 1. The van der Waals surface area contributed by atoms with E-state index in [0.29, 0.717) is 28.2 Å². The molecular weight excluding hydrogens is 485 g/mol. The van der Waals surface area contributed by atoms with Gasteiger partial charge >= 0.3 is 18.3 Å². The standard InChI is InChI=1S/C19H15ClF5NO5S/c1-8-9(7-13(27)28)15-10(3-4-11(30-2)16(15)20)26(8)17(29)12-5-6-14(32-12)31-19(24,25)18(21,22)23/h4-6,10H,3,7H2,1-2H3,(H,27,28). The second kappa shape index (κ2) is 8.39. The van der Waals surface area contributed by atoms with Gasteiger partial charge in [-0.05, 0) is 37.1 Å². The predicted octanol–water partition coefficient (Wildman–Crippen LogP) is 5.28. The van der Waals surface area contributed by atoms with Gasteiger partial charge < -0.3 is 19.5 Å². The third kappa shape index (κ3) is 4.20. The number of hydrogen-bond donors (Lipinski definition) is 1. The summed E-state index contributed by atoms with van der Waals surface area (Å²) >= 11 is 6.69. The molecule has 0 radical (unpaired) electrons. The fraction of sp³-hybridized carbons (Fsp3) is 0.368. The number of carbonyl (C=O) groups is 2. The van der Waals surface area contributed by atoms with Crippen LogP contribution in [-0.2, 0) is 9.53 Å². The van der Waals surface area contributed by atoms with Crippen LogP contribution in [0.1, 0.15) is 29.4 Å². The number of hydrogen-bond acceptors (Lipinski definition) is 5. The fourth-order valence-corrected chi connectivity index (χ4v) is 4.70. The minimum atomic E-state index is -5.93. The molecule has 174 valence electrons. The first kappa shape index (κ1) is 24.1. The highest BCUT2D eigenvalue weighted by molar-refractivity contribution is 7.15. The Hall–Kier alpha value is -2.60. The molecule has 1 unspecified atom stereocenters. The SMILES string of the molecule is COC1=CCC2C(=C1Cl)C(CC(=O)O)=C(C)N2C(=O)c1ccc(OC(F)(F)C(F)(F)F)s1. The van der Waals surface area contributed by atoms with Crippen LogP contribution in [0.5, 0.6) is 5.06 Å². The maximum atomic E-state index is 13.2. The number of carbonyl (C=O) groups excluding carboxylic acids is 1. The minimum absolute atomic E-state index is 0.134. The lowest BCUT2D eigenvalue weighted by Gasteiger charge is -2.29. The van der Waals surface area contributed by atoms with Crippen LogP contribution >= 0.6 is 22.9 Å². The summed E-state index contributed by atoms with van der Waals surface area (Å²) in [5, 5.41) is 8.61. The first-order chi connectivity index (χ1) is 14.8. The predicted molar refractivity (Wildman–Crippen MR) is 103 cm³/mol. The number of carboxylic acid groups (broad SMARTS) is 1. The van der Waals surface area contributed by atoms with Crippen molar-refractivity contribution in [3.8, 4) is 5.06 Å². The van der Waals surface area contributed by atoms with Crippen LogP contribution in [0.4, 0.5) is 22.0 Å². The number of alkyl halides is 5. The van der Waals surface area contributed by atoms with Crippen molar-refractivity contribution in [2.45, 2.75) is 38.1 Å². The maximum Gasteiger partial charge on any atom is 0.499 e. The van der Waals surface area contributed by atoms with E-state index < -0.39 is 41.7 Å². The zero-order chi connectivity index (χ0) is 24.0. The lowest BCUT2D eigenvalue weighted by Crippen LogP contribution is -2.41. The summed E-state index contributed by atoms with van der Waals surface area (Å²) in [6.07, 6.45) is -9.96. The van der Waals surface area contributed by atoms with Gasteiger partial charge in [0.2, 0.25) is 0 Å². The molecule has 3 rings (SSSR count). The van der Waals surface area contributed by atoms with Gasteiger partial charge in [0, 0.05) is 11.3 Å². The van der Waals surface area contributed by atoms with Gasteiger partial charge in [0.05, 0.1) is 29.5 Å². The first-order valence-corrected chi connectivity index (χ1v) is 10.1. The molecular formula is C19H15ClF5NO5S. The number of carboxylic acids is 1. The molecule has 2 heterocycles. The van der Waals surface area contributed by atoms with Gasteiger partial charge in [0.15, 0.2) is 5.06 Å². The molecule has 13 heteroatoms. The Morgan fingerprint density at radius 3 is 2.50 bits per heavy atom. The summed E-state index contributed by atoms with van der Waals surface area (Å²) in [6, 6.07) is 1.20. The monoisotopic (exact) mass is 499 g/mol. The summed E-state index contributed by atoms with van der Waals surface area (Å²) in [7, 11) is 1.38. The highest BCUT2D eigenvalue weighted by Gasteiger charge is 2.61. The zero-order valence-electron chi connectivity index (χ0n) is 16.4. The molecule has 1 aliphatic heterocycles. The number of fused-ring (bicyclic) bond motifs is 1. The van der Waals surface area contributed by atoms with Crippen molar-refractivity contribution in [2.75, 3.05) is 7.11 Å². The van der Waals surface area contributed by atoms with E-state index in [2.05, 4.69) is 4.74 Å². The Morgan fingerprint density at radius 2 is 1.94 bits per heavy atom. The van der Waals surface area contributed by atoms with Gasteiger partial charge in [-0.15, -0.1) is 0 Å². The number of allylic oxidation sites excluding steroid dienone is 2. The van der Waals surface area contributed by atoms with E-state index in [1.807, 2.05) is 0 Å². The molecule has 1 N–H and O–H groups in total. The van der Waals surface area contributed by atoms with Gasteiger partial charge in [0.1, 0.15) is 5.76 Å². The van der Waals surface area contributed by atoms with Crippen molar-refractivity contribution in [3.05, 3.63) is 50.7 Å². The van der Waals surface area contributed by atoms with Crippen LogP contribution in [0.15, 0.2) is 45.8 Å². The lowest BCUT2D eigenvalue weighted by atomic mass is 9.92. The van der Waals surface area contributed by atoms with E-state index in [0.717, 1.165) is 12.1 Å². The second-order valence-electron chi connectivity index (χ2n) is 6.80. The van der Waals surface area contributed by atoms with E-state index in [9.17, 15) is 36.6 Å². The summed E-state index contributed by atoms with van der Waals surface area (Å²) in [5.41, 5.74) is 0.953. The van der Waals surface area contributed by atoms with Crippen LogP contribution in [0.2, 0.25) is 0 Å². The molecule has 0 saturated carbocycles. The Kier molecular flexibility index (Phi) is 6.31. The number of halogens is 6. The number of thiophene rings is 1. The Bertz CT molecular complexity index is 1060. The van der Waals surface area contributed by atoms with Gasteiger partial charge in [-0.25, -0.2) is 0 Å². The van der Waals surface area contributed by atoms with E-state index in [4.69, 9.17) is 16.3 Å². The summed E-state index contributed by atoms with van der Waals surface area (Å²) in [5.74, 6) is -1.58. The molecule has 0 saturated heterocycles. The van der Waals surface area contributed by atoms with E-state index in [1.54, 1.807) is 6.08 Å². The second-order valence-corrected chi connectivity index (χ2v) is 8.22. The molecule has 2 aliphatic rings. The highest BCUT2D eigenvalue weighted by Crippen LogP contribution is 2.46. The van der Waals surface area contributed by atoms with Crippen molar-refractivity contribution in [2.24, 2.45) is 0 Å². The van der Waals surface area contributed by atoms with E-state index in [-0.39, 0.29) is 22.0 Å². The van der Waals surface area contributed by atoms with Crippen LogP contribution < -0.4 is 4.74 Å². The van der Waals surface area contributed by atoms with Gasteiger partial charge in [-0.3, -0.25) is 9.59 Å². The molecule has 32 heavy (non-hydrogen) atoms. The number of rotatable bonds is 6. The maximum absolute atomic E-state index is 13.2. The number of amides is 1. The van der Waals surface area contributed by atoms with Crippen molar-refractivity contribution in [3.63, 3.8) is 0 Å². The lowest BCUT2D eigenvalue weighted by molar-refractivity contribution is -0.359. The number of nitrogens with zero attached hydrogens (tertiary/aromatic N) is 1. The molecule has 1 aliphatic carbocycles. The average molecular weight is 500 g/mol. The molecule has 1 atom stereocenters. The van der Waals surface area contributed by atoms with Gasteiger partial charge in [-0.1, -0.05) is 22.9 Å². The molecule has 0 spiro atoms. The molecule has 6 nitrogen and oxygen atoms in total. The number of aliphatic carboxylic acids is 1. The quantitative estimate of drug-likeness (QED) is 0.539. The first-order valence-electron chi connectivity index (χ1n) is 8.91. The summed E-state index contributed by atoms with van der Waals surface area (Å²) < 4.78 is 72.4. The van der Waals surface area contributed by atoms with Gasteiger partial charge in [-0.2, -0.15) is 22.0 Å². The van der Waals surface area contributed by atoms with E-state index >= 15 is 0 Å². The highest BCUT2D eigenvalue weighted by atomic mass is 35.5. The molecule has 1 amide bonds. The summed E-state index contributed by atoms with van der Waals surface area (Å²) in [4.78, 5) is 25.6. The summed E-state index contributed by atoms with van der Waals surface area (Å²) in [6.45, 7) is 1.50. The number of ether oxygens (including phenoxy) is 2. The smallest absolute Gasteiger partial charge is 0.496 e. The molecule has 1 aromatic heterocycles. The molecule has 0 bridgehead atoms. The van der Waals surface area contributed by atoms with Crippen molar-refractivity contribution >= 4 is 34.8 Å². The molecule has 1 aromatic rings. The molecule has 0 fully saturated rings. The van der Waals surface area contributed by atoms with Crippen molar-refractivity contribution < 1.29 is 46.1 Å². The normalized spacial score (nSPS) is 19.2. The van der Waals surface area contributed by atoms with Gasteiger partial charge in [0.25, 0.3) is 5.91 Å². The van der Waals surface area contributed by atoms with Crippen molar-refractivity contribution in [1.82, 2.24) is 4.90 Å².